The van der Waals surface area contributed by atoms with E-state index in [0.717, 1.165) is 21.9 Å². The third-order valence-electron chi connectivity index (χ3n) is 7.40. The number of anilines is 1. The molecule has 0 unspecified atom stereocenters. The molecule has 0 saturated carbocycles. The van der Waals surface area contributed by atoms with Crippen LogP contribution in [-0.2, 0) is 32.6 Å². The van der Waals surface area contributed by atoms with Crippen molar-refractivity contribution in [1.29, 1.82) is 0 Å². The van der Waals surface area contributed by atoms with Crippen molar-refractivity contribution in [2.75, 3.05) is 10.8 Å². The van der Waals surface area contributed by atoms with Gasteiger partial charge in [-0.2, -0.15) is 0 Å². The van der Waals surface area contributed by atoms with E-state index < -0.39 is 21.6 Å². The lowest BCUT2D eigenvalue weighted by Gasteiger charge is -2.34. The number of carbonyl (C=O) groups excluding carboxylic acids is 2. The molecule has 0 bridgehead atoms. The number of rotatable bonds is 10. The van der Waals surface area contributed by atoms with Gasteiger partial charge in [-0.15, -0.1) is 0 Å². The number of hydrogen-bond donors (Lipinski definition) is 1. The number of nitrogens with zero attached hydrogens (tertiary/aromatic N) is 2. The highest BCUT2D eigenvalue weighted by atomic mass is 32.2. The molecule has 5 rings (SSSR count). The van der Waals surface area contributed by atoms with E-state index in [1.807, 2.05) is 106 Å². The quantitative estimate of drug-likeness (QED) is 0.260. The average Bonchev–Trinajstić information content (AvgIpc) is 3.18. The summed E-state index contributed by atoms with van der Waals surface area (Å²) in [6.07, 6.45) is 0.769. The molecule has 218 valence electrons. The summed E-state index contributed by atoms with van der Waals surface area (Å²) in [7, 11) is -3.71. The molecular weight excluding hydrogens is 546 g/mol. The lowest BCUT2D eigenvalue weighted by molar-refractivity contribution is -0.142. The van der Waals surface area contributed by atoms with Crippen LogP contribution in [0.4, 0.5) is 5.69 Å². The summed E-state index contributed by atoms with van der Waals surface area (Å²) in [5, 5.41) is 4.66. The van der Waals surface area contributed by atoms with Crippen LogP contribution in [0.25, 0.3) is 10.8 Å². The molecule has 1 aliphatic rings. The van der Waals surface area contributed by atoms with Crippen molar-refractivity contribution in [3.8, 4) is 0 Å². The first-order chi connectivity index (χ1) is 20.0. The van der Waals surface area contributed by atoms with Crippen LogP contribution in [0.15, 0.2) is 102 Å². The second kappa shape index (κ2) is 12.0. The van der Waals surface area contributed by atoms with Gasteiger partial charge in [-0.25, -0.2) is 8.42 Å². The van der Waals surface area contributed by atoms with Crippen LogP contribution in [-0.4, -0.2) is 43.3 Å². The zero-order valence-electron chi connectivity index (χ0n) is 24.3. The van der Waals surface area contributed by atoms with Crippen molar-refractivity contribution in [3.63, 3.8) is 0 Å². The first-order valence-corrected chi connectivity index (χ1v) is 15.7. The summed E-state index contributed by atoms with van der Waals surface area (Å²) in [6.45, 7) is 6.19. The fourth-order valence-corrected chi connectivity index (χ4v) is 7.25. The number of sulfonamides is 1. The van der Waals surface area contributed by atoms with Crippen LogP contribution in [0.2, 0.25) is 0 Å². The fraction of sp³-hybridized carbons (Fsp3) is 0.294. The van der Waals surface area contributed by atoms with Gasteiger partial charge in [0.1, 0.15) is 6.04 Å². The molecule has 8 heteroatoms. The van der Waals surface area contributed by atoms with Gasteiger partial charge in [0, 0.05) is 36.9 Å². The topological polar surface area (TPSA) is 86.8 Å². The fourth-order valence-electron chi connectivity index (χ4n) is 5.50. The molecule has 0 radical (unpaired) electrons. The molecule has 0 aromatic heterocycles. The van der Waals surface area contributed by atoms with Gasteiger partial charge < -0.3 is 10.2 Å². The normalized spacial score (nSPS) is 14.5. The Hall–Kier alpha value is -4.17. The van der Waals surface area contributed by atoms with Crippen LogP contribution in [0, 0.1) is 0 Å². The van der Waals surface area contributed by atoms with Gasteiger partial charge >= 0.3 is 0 Å². The van der Waals surface area contributed by atoms with Gasteiger partial charge in [0.15, 0.2) is 0 Å². The van der Waals surface area contributed by atoms with E-state index in [4.69, 9.17) is 0 Å². The minimum atomic E-state index is -3.71. The van der Waals surface area contributed by atoms with Gasteiger partial charge in [0.2, 0.25) is 11.8 Å². The molecule has 1 atom stereocenters. The number of carbonyl (C=O) groups is 2. The molecule has 2 amide bonds. The minimum absolute atomic E-state index is 0.0965. The largest absolute Gasteiger partial charge is 0.350 e. The molecule has 1 aliphatic heterocycles. The molecular formula is C34H37N3O4S. The number of nitrogens with one attached hydrogen (secondary N) is 1. The number of amides is 2. The molecule has 7 nitrogen and oxygen atoms in total. The predicted molar refractivity (Wildman–Crippen MR) is 167 cm³/mol. The Kier molecular flexibility index (Phi) is 8.36. The highest BCUT2D eigenvalue weighted by Crippen LogP contribution is 2.42. The summed E-state index contributed by atoms with van der Waals surface area (Å²) < 4.78 is 28.3. The van der Waals surface area contributed by atoms with E-state index in [1.54, 1.807) is 17.0 Å². The Labute approximate surface area is 248 Å². The molecule has 1 heterocycles. The predicted octanol–water partition coefficient (Wildman–Crippen LogP) is 5.68. The van der Waals surface area contributed by atoms with Crippen molar-refractivity contribution < 1.29 is 18.0 Å². The lowest BCUT2D eigenvalue weighted by Crippen LogP contribution is -2.54. The number of hydrogen-bond acceptors (Lipinski definition) is 4. The molecule has 1 N–H and O–H groups in total. The molecule has 0 spiro atoms. The molecule has 0 saturated heterocycles. The van der Waals surface area contributed by atoms with E-state index in [0.29, 0.717) is 23.4 Å². The summed E-state index contributed by atoms with van der Waals surface area (Å²) in [5.74, 6) is -0.420. The second-order valence-corrected chi connectivity index (χ2v) is 13.6. The maximum absolute atomic E-state index is 14.0. The van der Waals surface area contributed by atoms with E-state index >= 15 is 0 Å². The zero-order chi connectivity index (χ0) is 29.9. The molecule has 0 aliphatic carbocycles. The maximum atomic E-state index is 14.0. The molecule has 4 aromatic rings. The van der Waals surface area contributed by atoms with Crippen molar-refractivity contribution in [3.05, 3.63) is 108 Å². The first-order valence-electron chi connectivity index (χ1n) is 14.3. The Morgan fingerprint density at radius 3 is 2.10 bits per heavy atom. The Bertz CT molecular complexity index is 1680. The first kappa shape index (κ1) is 29.3. The summed E-state index contributed by atoms with van der Waals surface area (Å²) in [6, 6.07) is 29.4. The van der Waals surface area contributed by atoms with Crippen LogP contribution in [0.1, 0.15) is 44.7 Å². The highest BCUT2D eigenvalue weighted by Gasteiger charge is 2.36. The van der Waals surface area contributed by atoms with Crippen LogP contribution >= 0.6 is 0 Å². The van der Waals surface area contributed by atoms with Crippen molar-refractivity contribution >= 4 is 38.3 Å². The van der Waals surface area contributed by atoms with E-state index in [9.17, 15) is 18.0 Å². The monoisotopic (exact) mass is 583 g/mol. The third kappa shape index (κ3) is 6.34. The lowest BCUT2D eigenvalue weighted by atomic mass is 10.00. The number of benzene rings is 4. The zero-order valence-corrected chi connectivity index (χ0v) is 25.1. The standard InChI is InChI=1S/C34H37N3O4S/c1-34(2,3)35-33(39)29(23-25-13-6-4-7-14-25)36(24-26-15-8-5-9-16-26)31(38)21-12-22-37-28-19-10-17-27-18-11-20-30(32(27)28)42(37,40)41/h4-11,13-20,29H,12,21-24H2,1-3H3,(H,35,39)/t29-/m1/s1. The van der Waals surface area contributed by atoms with Gasteiger partial charge in [-0.05, 0) is 55.8 Å². The van der Waals surface area contributed by atoms with Crippen molar-refractivity contribution in [2.45, 2.75) is 63.1 Å². The second-order valence-electron chi connectivity index (χ2n) is 11.8. The minimum Gasteiger partial charge on any atom is -0.350 e. The summed E-state index contributed by atoms with van der Waals surface area (Å²) in [4.78, 5) is 29.6. The van der Waals surface area contributed by atoms with E-state index in [2.05, 4.69) is 5.32 Å². The van der Waals surface area contributed by atoms with Gasteiger partial charge in [0.25, 0.3) is 10.0 Å². The van der Waals surface area contributed by atoms with Crippen molar-refractivity contribution in [1.82, 2.24) is 10.2 Å². The van der Waals surface area contributed by atoms with Crippen LogP contribution in [0.5, 0.6) is 0 Å². The van der Waals surface area contributed by atoms with Crippen LogP contribution in [0.3, 0.4) is 0 Å². The van der Waals surface area contributed by atoms with E-state index in [-0.39, 0.29) is 31.3 Å². The Balaban J connectivity index is 1.39. The van der Waals surface area contributed by atoms with Gasteiger partial charge in [-0.1, -0.05) is 84.9 Å². The Morgan fingerprint density at radius 2 is 1.45 bits per heavy atom. The van der Waals surface area contributed by atoms with Gasteiger partial charge in [-0.3, -0.25) is 13.9 Å². The molecule has 42 heavy (non-hydrogen) atoms. The third-order valence-corrected chi connectivity index (χ3v) is 9.25. The molecule has 0 fully saturated rings. The summed E-state index contributed by atoms with van der Waals surface area (Å²) in [5.41, 5.74) is 2.03. The van der Waals surface area contributed by atoms with Crippen LogP contribution < -0.4 is 9.62 Å². The Morgan fingerprint density at radius 1 is 0.833 bits per heavy atom. The maximum Gasteiger partial charge on any atom is 0.265 e. The van der Waals surface area contributed by atoms with Crippen molar-refractivity contribution in [2.24, 2.45) is 0 Å². The smallest absolute Gasteiger partial charge is 0.265 e. The highest BCUT2D eigenvalue weighted by molar-refractivity contribution is 7.93. The van der Waals surface area contributed by atoms with Gasteiger partial charge in [0.05, 0.1) is 10.6 Å². The summed E-state index contributed by atoms with van der Waals surface area (Å²) >= 11 is 0. The SMILES string of the molecule is CC(C)(C)NC(=O)[C@@H](Cc1ccccc1)N(Cc1ccccc1)C(=O)CCCN1c2cccc3cccc(c23)S1(=O)=O. The van der Waals surface area contributed by atoms with E-state index in [1.165, 1.54) is 4.31 Å². The average molecular weight is 584 g/mol. The molecule has 4 aromatic carbocycles.